The van der Waals surface area contributed by atoms with Crippen molar-refractivity contribution in [1.82, 2.24) is 9.71 Å². The molecule has 1 aromatic heterocycles. The van der Waals surface area contributed by atoms with Crippen LogP contribution in [0.2, 0.25) is 0 Å². The summed E-state index contributed by atoms with van der Waals surface area (Å²) in [5.41, 5.74) is 0.592. The molecule has 1 aromatic rings. The number of hydrogen-bond acceptors (Lipinski definition) is 3. The molecule has 0 saturated carbocycles. The van der Waals surface area contributed by atoms with E-state index in [9.17, 15) is 8.60 Å². The van der Waals surface area contributed by atoms with Crippen LogP contribution in [0.3, 0.4) is 0 Å². The molecule has 0 bridgehead atoms. The topological polar surface area (TPSA) is 51.2 Å². The highest BCUT2D eigenvalue weighted by Gasteiger charge is 2.19. The van der Waals surface area contributed by atoms with E-state index in [1.54, 1.807) is 0 Å². The van der Waals surface area contributed by atoms with Crippen molar-refractivity contribution >= 4 is 11.0 Å². The Morgan fingerprint density at radius 2 is 2.22 bits per heavy atom. The van der Waals surface area contributed by atoms with Gasteiger partial charge in [0.05, 0.1) is 24.3 Å². The number of methoxy groups -OCH3 is 1. The SMILES string of the molecule is CC[C@@H](N[S@](=O)C(C)C)c1cc(F)cnc1OC. The van der Waals surface area contributed by atoms with Crippen molar-refractivity contribution in [2.75, 3.05) is 7.11 Å². The zero-order chi connectivity index (χ0) is 13.7. The first kappa shape index (κ1) is 15.0. The molecule has 0 aromatic carbocycles. The average Bonchev–Trinajstić information content (AvgIpc) is 2.35. The zero-order valence-corrected chi connectivity index (χ0v) is 11.9. The Labute approximate surface area is 110 Å². The van der Waals surface area contributed by atoms with Gasteiger partial charge in [0.25, 0.3) is 0 Å². The summed E-state index contributed by atoms with van der Waals surface area (Å²) in [5.74, 6) is -0.0714. The second-order valence-corrected chi connectivity index (χ2v) is 5.95. The van der Waals surface area contributed by atoms with Crippen molar-refractivity contribution in [3.8, 4) is 5.88 Å². The highest BCUT2D eigenvalue weighted by molar-refractivity contribution is 7.83. The van der Waals surface area contributed by atoms with Crippen molar-refractivity contribution in [3.05, 3.63) is 23.6 Å². The van der Waals surface area contributed by atoms with Gasteiger partial charge in [-0.1, -0.05) is 6.92 Å². The molecule has 0 amide bonds. The highest BCUT2D eigenvalue weighted by atomic mass is 32.2. The van der Waals surface area contributed by atoms with E-state index in [2.05, 4.69) is 9.71 Å². The summed E-state index contributed by atoms with van der Waals surface area (Å²) in [5, 5.41) is -0.00781. The smallest absolute Gasteiger partial charge is 0.218 e. The number of nitrogens with zero attached hydrogens (tertiary/aromatic N) is 1. The highest BCUT2D eigenvalue weighted by Crippen LogP contribution is 2.26. The summed E-state index contributed by atoms with van der Waals surface area (Å²) in [6.07, 6.45) is 1.77. The quantitative estimate of drug-likeness (QED) is 0.866. The molecule has 0 aliphatic heterocycles. The van der Waals surface area contributed by atoms with Gasteiger partial charge in [-0.2, -0.15) is 0 Å². The van der Waals surface area contributed by atoms with Crippen molar-refractivity contribution in [3.63, 3.8) is 0 Å². The van der Waals surface area contributed by atoms with E-state index in [0.717, 1.165) is 6.20 Å². The molecule has 0 fully saturated rings. The third-order valence-electron chi connectivity index (χ3n) is 2.51. The van der Waals surface area contributed by atoms with Gasteiger partial charge in [-0.05, 0) is 26.3 Å². The van der Waals surface area contributed by atoms with Gasteiger partial charge >= 0.3 is 0 Å². The maximum atomic E-state index is 13.3. The minimum absolute atomic E-state index is 0.00781. The van der Waals surface area contributed by atoms with Gasteiger partial charge < -0.3 is 4.74 Å². The lowest BCUT2D eigenvalue weighted by Gasteiger charge is -2.19. The molecule has 0 aliphatic carbocycles. The summed E-state index contributed by atoms with van der Waals surface area (Å²) < 4.78 is 33.1. The number of nitrogens with one attached hydrogen (secondary N) is 1. The van der Waals surface area contributed by atoms with Crippen molar-refractivity contribution < 1.29 is 13.3 Å². The van der Waals surface area contributed by atoms with Gasteiger partial charge in [0.2, 0.25) is 5.88 Å². The summed E-state index contributed by atoms with van der Waals surface area (Å²) in [7, 11) is 0.307. The van der Waals surface area contributed by atoms with Gasteiger partial charge in [0.1, 0.15) is 5.82 Å². The van der Waals surface area contributed by atoms with Crippen LogP contribution in [0.15, 0.2) is 12.3 Å². The van der Waals surface area contributed by atoms with Crippen LogP contribution in [0, 0.1) is 5.82 Å². The molecular formula is C12H19FN2O2S. The van der Waals surface area contributed by atoms with E-state index >= 15 is 0 Å². The van der Waals surface area contributed by atoms with Crippen LogP contribution in [0.4, 0.5) is 4.39 Å². The van der Waals surface area contributed by atoms with Crippen LogP contribution in [0.25, 0.3) is 0 Å². The molecule has 102 valence electrons. The molecule has 18 heavy (non-hydrogen) atoms. The van der Waals surface area contributed by atoms with Crippen LogP contribution in [-0.2, 0) is 11.0 Å². The first-order chi connectivity index (χ1) is 8.49. The van der Waals surface area contributed by atoms with E-state index in [1.165, 1.54) is 13.2 Å². The summed E-state index contributed by atoms with van der Waals surface area (Å²) in [6.45, 7) is 5.65. The Kier molecular flexibility index (Phi) is 5.68. The van der Waals surface area contributed by atoms with E-state index in [1.807, 2.05) is 20.8 Å². The number of ether oxygens (including phenoxy) is 1. The lowest BCUT2D eigenvalue weighted by atomic mass is 10.1. The molecule has 1 rings (SSSR count). The van der Waals surface area contributed by atoms with Crippen LogP contribution < -0.4 is 9.46 Å². The number of halogens is 1. The molecule has 1 heterocycles. The van der Waals surface area contributed by atoms with E-state index in [-0.39, 0.29) is 11.3 Å². The third kappa shape index (κ3) is 3.74. The molecule has 0 saturated heterocycles. The Morgan fingerprint density at radius 1 is 1.56 bits per heavy atom. The van der Waals surface area contributed by atoms with E-state index in [4.69, 9.17) is 4.74 Å². The van der Waals surface area contributed by atoms with Gasteiger partial charge in [-0.3, -0.25) is 0 Å². The van der Waals surface area contributed by atoms with E-state index < -0.39 is 16.8 Å². The molecular weight excluding hydrogens is 255 g/mol. The molecule has 4 nitrogen and oxygen atoms in total. The molecule has 6 heteroatoms. The lowest BCUT2D eigenvalue weighted by molar-refractivity contribution is 0.383. The number of hydrogen-bond donors (Lipinski definition) is 1. The minimum atomic E-state index is -1.17. The largest absolute Gasteiger partial charge is 0.481 e. The number of rotatable bonds is 6. The normalized spacial score (nSPS) is 14.6. The molecule has 0 spiro atoms. The maximum Gasteiger partial charge on any atom is 0.218 e. The van der Waals surface area contributed by atoms with Crippen molar-refractivity contribution in [1.29, 1.82) is 0 Å². The summed E-state index contributed by atoms with van der Waals surface area (Å²) in [4.78, 5) is 3.88. The van der Waals surface area contributed by atoms with Crippen LogP contribution >= 0.6 is 0 Å². The second kappa shape index (κ2) is 6.80. The Balaban J connectivity index is 3.00. The fraction of sp³-hybridized carbons (Fsp3) is 0.583. The van der Waals surface area contributed by atoms with Gasteiger partial charge in [-0.25, -0.2) is 18.3 Å². The molecule has 0 radical (unpaired) electrons. The van der Waals surface area contributed by atoms with Crippen LogP contribution in [-0.4, -0.2) is 21.6 Å². The molecule has 0 unspecified atom stereocenters. The standard InChI is InChI=1S/C12H19FN2O2S/c1-5-11(15-18(16)8(2)3)10-6-9(13)7-14-12(10)17-4/h6-8,11,15H,5H2,1-4H3/t11-,18-/m1/s1. The van der Waals surface area contributed by atoms with Crippen LogP contribution in [0.1, 0.15) is 38.8 Å². The minimum Gasteiger partial charge on any atom is -0.481 e. The van der Waals surface area contributed by atoms with Gasteiger partial charge in [0, 0.05) is 16.9 Å². The van der Waals surface area contributed by atoms with Crippen LogP contribution in [0.5, 0.6) is 5.88 Å². The fourth-order valence-corrected chi connectivity index (χ4v) is 2.35. The molecule has 0 aliphatic rings. The van der Waals surface area contributed by atoms with Crippen molar-refractivity contribution in [2.45, 2.75) is 38.5 Å². The summed E-state index contributed by atoms with van der Waals surface area (Å²) >= 11 is 0. The predicted octanol–water partition coefficient (Wildman–Crippen LogP) is 2.34. The average molecular weight is 274 g/mol. The van der Waals surface area contributed by atoms with Gasteiger partial charge in [-0.15, -0.1) is 0 Å². The number of aromatic nitrogens is 1. The summed E-state index contributed by atoms with van der Waals surface area (Å²) in [6, 6.07) is 1.12. The third-order valence-corrected chi connectivity index (χ3v) is 3.88. The Morgan fingerprint density at radius 3 is 2.72 bits per heavy atom. The van der Waals surface area contributed by atoms with Crippen molar-refractivity contribution in [2.24, 2.45) is 0 Å². The fourth-order valence-electron chi connectivity index (χ4n) is 1.51. The zero-order valence-electron chi connectivity index (χ0n) is 11.1. The Hall–Kier alpha value is -1.01. The Bertz CT molecular complexity index is 427. The van der Waals surface area contributed by atoms with Gasteiger partial charge in [0.15, 0.2) is 0 Å². The first-order valence-electron chi connectivity index (χ1n) is 5.85. The monoisotopic (exact) mass is 274 g/mol. The first-order valence-corrected chi connectivity index (χ1v) is 7.07. The number of pyridine rings is 1. The lowest BCUT2D eigenvalue weighted by Crippen LogP contribution is -2.28. The van der Waals surface area contributed by atoms with E-state index in [0.29, 0.717) is 17.9 Å². The molecule has 1 N–H and O–H groups in total. The predicted molar refractivity (Wildman–Crippen MR) is 70.2 cm³/mol. The maximum absolute atomic E-state index is 13.3. The second-order valence-electron chi connectivity index (χ2n) is 4.18. The molecule has 2 atom stereocenters.